The number of aromatic nitrogens is 2. The Labute approximate surface area is 225 Å². The molecule has 3 aromatic carbocycles. The summed E-state index contributed by atoms with van der Waals surface area (Å²) in [5.74, 6) is -0.182. The lowest BCUT2D eigenvalue weighted by Gasteiger charge is -2.11. The van der Waals surface area contributed by atoms with E-state index in [-0.39, 0.29) is 17.9 Å². The zero-order chi connectivity index (χ0) is 26.2. The van der Waals surface area contributed by atoms with Crippen molar-refractivity contribution >= 4 is 52.8 Å². The fourth-order valence-corrected chi connectivity index (χ4v) is 4.34. The third-order valence-corrected chi connectivity index (χ3v) is 6.38. The first-order valence-electron chi connectivity index (χ1n) is 10.6. The molecule has 1 aromatic heterocycles. The van der Waals surface area contributed by atoms with E-state index in [4.69, 9.17) is 27.9 Å². The van der Waals surface area contributed by atoms with Crippen molar-refractivity contribution in [1.29, 1.82) is 0 Å². The third-order valence-electron chi connectivity index (χ3n) is 4.83. The van der Waals surface area contributed by atoms with Gasteiger partial charge in [-0.25, -0.2) is 15.4 Å². The Kier molecular flexibility index (Phi) is 8.68. The summed E-state index contributed by atoms with van der Waals surface area (Å²) < 4.78 is 5.81. The van der Waals surface area contributed by atoms with Gasteiger partial charge in [-0.2, -0.15) is 5.10 Å². The molecule has 0 spiro atoms. The van der Waals surface area contributed by atoms with Crippen LogP contribution >= 0.6 is 35.0 Å². The van der Waals surface area contributed by atoms with E-state index in [9.17, 15) is 14.9 Å². The van der Waals surface area contributed by atoms with E-state index in [2.05, 4.69) is 20.5 Å². The fourth-order valence-electron chi connectivity index (χ4n) is 3.08. The molecule has 1 N–H and O–H groups in total. The van der Waals surface area contributed by atoms with Crippen molar-refractivity contribution in [2.75, 3.05) is 0 Å². The Bertz CT molecular complexity index is 1470. The maximum atomic E-state index is 12.7. The van der Waals surface area contributed by atoms with Gasteiger partial charge in [0.1, 0.15) is 12.4 Å². The number of rotatable bonds is 9. The molecular weight excluding hydrogens is 537 g/mol. The largest absolute Gasteiger partial charge is 0.488 e. The summed E-state index contributed by atoms with van der Waals surface area (Å²) in [6.07, 6.45) is 4.43. The van der Waals surface area contributed by atoms with Crippen molar-refractivity contribution in [3.05, 3.63) is 116 Å². The van der Waals surface area contributed by atoms with Crippen molar-refractivity contribution in [2.45, 2.75) is 16.7 Å². The van der Waals surface area contributed by atoms with Gasteiger partial charge in [-0.15, -0.1) is 0 Å². The molecule has 0 saturated heterocycles. The number of nitrogens with zero attached hydrogens (tertiary/aromatic N) is 4. The molecule has 0 radical (unpaired) electrons. The number of carbonyl (C=O) groups excluding carboxylic acids is 1. The van der Waals surface area contributed by atoms with Gasteiger partial charge in [0.15, 0.2) is 5.16 Å². The van der Waals surface area contributed by atoms with E-state index in [1.54, 1.807) is 73.1 Å². The van der Waals surface area contributed by atoms with E-state index >= 15 is 0 Å². The van der Waals surface area contributed by atoms with Crippen LogP contribution < -0.4 is 10.2 Å². The van der Waals surface area contributed by atoms with Crippen LogP contribution in [0.4, 0.5) is 5.69 Å². The number of nitro benzene ring substituents is 1. The predicted molar refractivity (Wildman–Crippen MR) is 142 cm³/mol. The molecule has 12 heteroatoms. The van der Waals surface area contributed by atoms with E-state index in [1.807, 2.05) is 0 Å². The molecular formula is C25H17Cl2N5O4S. The number of halogens is 2. The summed E-state index contributed by atoms with van der Waals surface area (Å²) in [6.45, 7) is 0.131. The minimum atomic E-state index is -0.517. The van der Waals surface area contributed by atoms with Crippen LogP contribution in [0.1, 0.15) is 21.5 Å². The van der Waals surface area contributed by atoms with Gasteiger partial charge in [-0.1, -0.05) is 47.5 Å². The van der Waals surface area contributed by atoms with Crippen molar-refractivity contribution in [3.63, 3.8) is 0 Å². The topological polar surface area (TPSA) is 120 Å². The summed E-state index contributed by atoms with van der Waals surface area (Å²) in [5.41, 5.74) is 3.68. The Morgan fingerprint density at radius 1 is 1.08 bits per heavy atom. The Balaban J connectivity index is 1.43. The molecule has 186 valence electrons. The second kappa shape index (κ2) is 12.3. The maximum Gasteiger partial charge on any atom is 0.283 e. The Morgan fingerprint density at radius 2 is 1.86 bits per heavy atom. The summed E-state index contributed by atoms with van der Waals surface area (Å²) in [7, 11) is 0. The van der Waals surface area contributed by atoms with Crippen LogP contribution in [0.5, 0.6) is 5.75 Å². The number of nitrogens with one attached hydrogen (secondary N) is 1. The van der Waals surface area contributed by atoms with Crippen LogP contribution in [0, 0.1) is 10.1 Å². The average Bonchev–Trinajstić information content (AvgIpc) is 2.89. The number of hydrazone groups is 1. The summed E-state index contributed by atoms with van der Waals surface area (Å²) in [5, 5.41) is 16.9. The zero-order valence-corrected chi connectivity index (χ0v) is 21.2. The molecule has 9 nitrogen and oxygen atoms in total. The molecule has 1 amide bonds. The molecule has 0 aliphatic heterocycles. The average molecular weight is 554 g/mol. The third kappa shape index (κ3) is 7.04. The van der Waals surface area contributed by atoms with Gasteiger partial charge in [-0.05, 0) is 48.2 Å². The number of benzene rings is 3. The van der Waals surface area contributed by atoms with E-state index in [0.717, 1.165) is 11.8 Å². The second-order valence-corrected chi connectivity index (χ2v) is 9.19. The highest BCUT2D eigenvalue weighted by molar-refractivity contribution is 7.99. The lowest BCUT2D eigenvalue weighted by atomic mass is 10.2. The maximum absolute atomic E-state index is 12.7. The summed E-state index contributed by atoms with van der Waals surface area (Å²) in [4.78, 5) is 32.3. The number of hydrogen-bond acceptors (Lipinski definition) is 8. The molecule has 0 aliphatic rings. The smallest absolute Gasteiger partial charge is 0.283 e. The normalized spacial score (nSPS) is 10.9. The predicted octanol–water partition coefficient (Wildman–Crippen LogP) is 6.19. The number of hydrogen-bond donors (Lipinski definition) is 1. The van der Waals surface area contributed by atoms with E-state index in [0.29, 0.717) is 37.0 Å². The van der Waals surface area contributed by atoms with Crippen LogP contribution in [-0.4, -0.2) is 27.0 Å². The summed E-state index contributed by atoms with van der Waals surface area (Å²) in [6, 6.07) is 18.0. The van der Waals surface area contributed by atoms with E-state index < -0.39 is 10.8 Å². The first kappa shape index (κ1) is 26.1. The number of nitro groups is 1. The van der Waals surface area contributed by atoms with Crippen LogP contribution in [-0.2, 0) is 6.61 Å². The van der Waals surface area contributed by atoms with Gasteiger partial charge in [-0.3, -0.25) is 14.9 Å². The molecule has 0 saturated carbocycles. The Hall–Kier alpha value is -3.99. The van der Waals surface area contributed by atoms with Crippen LogP contribution in [0.3, 0.4) is 0 Å². The van der Waals surface area contributed by atoms with Gasteiger partial charge in [0, 0.05) is 39.6 Å². The molecule has 0 unspecified atom stereocenters. The van der Waals surface area contributed by atoms with Crippen molar-refractivity contribution in [1.82, 2.24) is 15.4 Å². The highest BCUT2D eigenvalue weighted by Crippen LogP contribution is 2.33. The SMILES string of the molecule is O=C(N/N=C/c1ccc(Sc2ncccn2)c([N+](=O)[O-])c1)c1ccccc1OCc1ccc(Cl)cc1Cl. The van der Waals surface area contributed by atoms with Gasteiger partial charge >= 0.3 is 0 Å². The molecule has 0 bridgehead atoms. The number of carbonyl (C=O) groups is 1. The van der Waals surface area contributed by atoms with Gasteiger partial charge in [0.25, 0.3) is 11.6 Å². The van der Waals surface area contributed by atoms with Crippen molar-refractivity contribution in [2.24, 2.45) is 5.10 Å². The number of amides is 1. The lowest BCUT2D eigenvalue weighted by Crippen LogP contribution is -2.18. The molecule has 37 heavy (non-hydrogen) atoms. The Morgan fingerprint density at radius 3 is 2.62 bits per heavy atom. The van der Waals surface area contributed by atoms with Crippen molar-refractivity contribution in [3.8, 4) is 5.75 Å². The highest BCUT2D eigenvalue weighted by atomic mass is 35.5. The fraction of sp³-hybridized carbons (Fsp3) is 0.0400. The van der Waals surface area contributed by atoms with Gasteiger partial charge < -0.3 is 4.74 Å². The molecule has 4 aromatic rings. The highest BCUT2D eigenvalue weighted by Gasteiger charge is 2.17. The quantitative estimate of drug-likeness (QED) is 0.113. The molecule has 0 atom stereocenters. The first-order chi connectivity index (χ1) is 17.9. The lowest BCUT2D eigenvalue weighted by molar-refractivity contribution is -0.387. The van der Waals surface area contributed by atoms with Crippen LogP contribution in [0.25, 0.3) is 0 Å². The number of ether oxygens (including phenoxy) is 1. The molecule has 1 heterocycles. The van der Waals surface area contributed by atoms with Gasteiger partial charge in [0.05, 0.1) is 21.6 Å². The van der Waals surface area contributed by atoms with Crippen LogP contribution in [0.15, 0.2) is 94.3 Å². The standard InChI is InChI=1S/C25H17Cl2N5O4S/c26-18-8-7-17(20(27)13-18)15-36-22-5-2-1-4-19(22)24(33)31-30-14-16-6-9-23(21(12-16)32(34)35)37-25-28-10-3-11-29-25/h1-14H,15H2,(H,31,33)/b30-14+. The molecule has 0 aliphatic carbocycles. The van der Waals surface area contributed by atoms with Crippen molar-refractivity contribution < 1.29 is 14.5 Å². The molecule has 4 rings (SSSR count). The first-order valence-corrected chi connectivity index (χ1v) is 12.2. The zero-order valence-electron chi connectivity index (χ0n) is 18.9. The number of para-hydroxylation sites is 1. The van der Waals surface area contributed by atoms with E-state index in [1.165, 1.54) is 12.3 Å². The summed E-state index contributed by atoms with van der Waals surface area (Å²) >= 11 is 13.2. The second-order valence-electron chi connectivity index (χ2n) is 7.34. The van der Waals surface area contributed by atoms with Crippen LogP contribution in [0.2, 0.25) is 10.0 Å². The van der Waals surface area contributed by atoms with Gasteiger partial charge in [0.2, 0.25) is 0 Å². The molecule has 0 fully saturated rings. The monoisotopic (exact) mass is 553 g/mol. The minimum Gasteiger partial charge on any atom is -0.488 e. The minimum absolute atomic E-state index is 0.131.